The van der Waals surface area contributed by atoms with Crippen molar-refractivity contribution in [3.8, 4) is 22.6 Å². The van der Waals surface area contributed by atoms with Crippen molar-refractivity contribution >= 4 is 35.5 Å². The fourth-order valence-corrected chi connectivity index (χ4v) is 7.97. The Morgan fingerprint density at radius 2 is 0.962 bits per heavy atom. The summed E-state index contributed by atoms with van der Waals surface area (Å²) in [6, 6.07) is 32.9. The lowest BCUT2D eigenvalue weighted by molar-refractivity contribution is -0.144. The summed E-state index contributed by atoms with van der Waals surface area (Å²) in [4.78, 5) is 24.1. The molecule has 4 aromatic rings. The van der Waals surface area contributed by atoms with E-state index in [1.54, 1.807) is 0 Å². The number of hydrogen-bond donors (Lipinski definition) is 4. The molecule has 2 unspecified atom stereocenters. The molecule has 0 aromatic heterocycles. The molecule has 5 rings (SSSR count). The molecule has 0 bridgehead atoms. The van der Waals surface area contributed by atoms with Crippen molar-refractivity contribution in [3.05, 3.63) is 119 Å². The molecule has 0 radical (unpaired) electrons. The number of benzene rings is 4. The van der Waals surface area contributed by atoms with Gasteiger partial charge in [-0.15, -0.1) is 0 Å². The average Bonchev–Trinajstić information content (AvgIpc) is 3.49. The highest BCUT2D eigenvalue weighted by atomic mass is 32.2. The van der Waals surface area contributed by atoms with Crippen LogP contribution in [0.25, 0.3) is 11.1 Å². The predicted octanol–water partition coefficient (Wildman–Crippen LogP) is 4.85. The number of carbonyl (C=O) groups excluding carboxylic acids is 2. The number of aliphatic hydroxyl groups excluding tert-OH is 4. The molecule has 0 saturated heterocycles. The molecule has 12 heteroatoms. The van der Waals surface area contributed by atoms with Crippen LogP contribution in [0.15, 0.2) is 97.1 Å². The van der Waals surface area contributed by atoms with E-state index in [9.17, 15) is 19.8 Å². The summed E-state index contributed by atoms with van der Waals surface area (Å²) in [6.45, 7) is 0.0358. The number of aliphatic hydroxyl groups is 4. The predicted molar refractivity (Wildman–Crippen MR) is 207 cm³/mol. The van der Waals surface area contributed by atoms with Gasteiger partial charge in [0.1, 0.15) is 37.9 Å². The van der Waals surface area contributed by atoms with E-state index in [2.05, 4.69) is 72.8 Å². The number of ether oxygens (including phenoxy) is 4. The van der Waals surface area contributed by atoms with E-state index in [1.165, 1.54) is 34.7 Å². The van der Waals surface area contributed by atoms with Crippen molar-refractivity contribution in [1.29, 1.82) is 0 Å². The second-order valence-electron chi connectivity index (χ2n) is 12.4. The second-order valence-corrected chi connectivity index (χ2v) is 14.7. The summed E-state index contributed by atoms with van der Waals surface area (Å²) in [5.41, 5.74) is 6.15. The topological polar surface area (TPSA) is 152 Å². The smallest absolute Gasteiger partial charge is 0.306 e. The average molecular weight is 763 g/mol. The largest absolute Gasteiger partial charge is 0.490 e. The van der Waals surface area contributed by atoms with E-state index in [-0.39, 0.29) is 64.4 Å². The number of carbonyl (C=O) groups is 2. The third kappa shape index (κ3) is 10.6. The molecule has 4 N–H and O–H groups in total. The molecule has 0 aliphatic heterocycles. The molecule has 0 heterocycles. The van der Waals surface area contributed by atoms with Crippen LogP contribution in [-0.2, 0) is 24.5 Å². The van der Waals surface area contributed by atoms with Gasteiger partial charge < -0.3 is 39.4 Å². The van der Waals surface area contributed by atoms with Crippen molar-refractivity contribution in [1.82, 2.24) is 0 Å². The molecule has 0 saturated carbocycles. The Kier molecular flexibility index (Phi) is 15.5. The Morgan fingerprint density at radius 1 is 0.566 bits per heavy atom. The molecule has 0 fully saturated rings. The van der Waals surface area contributed by atoms with Gasteiger partial charge in [0.2, 0.25) is 0 Å². The van der Waals surface area contributed by atoms with E-state index in [4.69, 9.17) is 29.2 Å². The summed E-state index contributed by atoms with van der Waals surface area (Å²) in [5.74, 6) is 2.35. The summed E-state index contributed by atoms with van der Waals surface area (Å²) in [5, 5.41) is 36.6. The number of thioether (sulfide) groups is 2. The fraction of sp³-hybridized carbons (Fsp3) is 0.366. The highest BCUT2D eigenvalue weighted by Crippen LogP contribution is 2.56. The first-order chi connectivity index (χ1) is 25.9. The van der Waals surface area contributed by atoms with Gasteiger partial charge >= 0.3 is 11.9 Å². The van der Waals surface area contributed by atoms with Crippen molar-refractivity contribution in [3.63, 3.8) is 0 Å². The van der Waals surface area contributed by atoms with E-state index in [1.807, 2.05) is 24.3 Å². The zero-order chi connectivity index (χ0) is 37.5. The third-order valence-electron chi connectivity index (χ3n) is 8.70. The maximum absolute atomic E-state index is 12.1. The van der Waals surface area contributed by atoms with Gasteiger partial charge in [0.05, 0.1) is 43.7 Å². The number of rotatable bonds is 22. The molecule has 1 aliphatic rings. The first-order valence-electron chi connectivity index (χ1n) is 17.6. The van der Waals surface area contributed by atoms with Crippen LogP contribution in [-0.4, -0.2) is 107 Å². The van der Waals surface area contributed by atoms with Gasteiger partial charge in [-0.1, -0.05) is 72.8 Å². The van der Waals surface area contributed by atoms with Gasteiger partial charge in [0.25, 0.3) is 0 Å². The van der Waals surface area contributed by atoms with Gasteiger partial charge in [0, 0.05) is 23.0 Å². The second kappa shape index (κ2) is 20.4. The van der Waals surface area contributed by atoms with Gasteiger partial charge in [-0.2, -0.15) is 23.5 Å². The Hall–Kier alpha value is -4.04. The van der Waals surface area contributed by atoms with Crippen LogP contribution in [0.5, 0.6) is 11.5 Å². The van der Waals surface area contributed by atoms with Crippen LogP contribution in [0, 0.1) is 0 Å². The Balaban J connectivity index is 1.23. The zero-order valence-electron chi connectivity index (χ0n) is 29.4. The molecule has 282 valence electrons. The lowest BCUT2D eigenvalue weighted by Crippen LogP contribution is -2.28. The number of esters is 2. The van der Waals surface area contributed by atoms with Crippen LogP contribution in [0.3, 0.4) is 0 Å². The third-order valence-corrected chi connectivity index (χ3v) is 10.9. The zero-order valence-corrected chi connectivity index (χ0v) is 31.1. The highest BCUT2D eigenvalue weighted by Gasteiger charge is 2.45. The summed E-state index contributed by atoms with van der Waals surface area (Å²) < 4.78 is 22.5. The Morgan fingerprint density at radius 3 is 1.36 bits per heavy atom. The number of fused-ring (bicyclic) bond motifs is 3. The van der Waals surface area contributed by atoms with Gasteiger partial charge in [-0.3, -0.25) is 9.59 Å². The van der Waals surface area contributed by atoms with Crippen LogP contribution >= 0.6 is 23.5 Å². The van der Waals surface area contributed by atoms with Crippen LogP contribution in [0.1, 0.15) is 35.1 Å². The summed E-state index contributed by atoms with van der Waals surface area (Å²) >= 11 is 2.77. The minimum atomic E-state index is -0.788. The maximum Gasteiger partial charge on any atom is 0.306 e. The molecule has 10 nitrogen and oxygen atoms in total. The minimum absolute atomic E-state index is 0.114. The molecule has 53 heavy (non-hydrogen) atoms. The van der Waals surface area contributed by atoms with Crippen LogP contribution in [0.2, 0.25) is 0 Å². The van der Waals surface area contributed by atoms with E-state index < -0.39 is 17.6 Å². The fourth-order valence-electron chi connectivity index (χ4n) is 6.26. The quantitative estimate of drug-likeness (QED) is 0.0564. The van der Waals surface area contributed by atoms with Crippen molar-refractivity contribution < 1.29 is 49.0 Å². The van der Waals surface area contributed by atoms with E-state index in [0.29, 0.717) is 34.5 Å². The first kappa shape index (κ1) is 40.2. The lowest BCUT2D eigenvalue weighted by Gasteiger charge is -2.34. The molecular formula is C41H46O10S2. The van der Waals surface area contributed by atoms with Crippen molar-refractivity contribution in [2.24, 2.45) is 0 Å². The maximum atomic E-state index is 12.1. The molecular weight excluding hydrogens is 717 g/mol. The lowest BCUT2D eigenvalue weighted by atomic mass is 9.68. The number of hydrogen-bond acceptors (Lipinski definition) is 12. The molecule has 2 atom stereocenters. The van der Waals surface area contributed by atoms with Gasteiger partial charge in [-0.05, 0) is 57.6 Å². The van der Waals surface area contributed by atoms with Crippen molar-refractivity contribution in [2.75, 3.05) is 62.7 Å². The summed E-state index contributed by atoms with van der Waals surface area (Å²) in [7, 11) is 0. The van der Waals surface area contributed by atoms with E-state index >= 15 is 0 Å². The minimum Gasteiger partial charge on any atom is -0.490 e. The molecule has 4 aromatic carbocycles. The normalized spacial score (nSPS) is 13.7. The van der Waals surface area contributed by atoms with Gasteiger partial charge in [-0.25, -0.2) is 0 Å². The SMILES string of the molecule is O=C(CCSCC(O)CO)OCCOc1ccc(C2(c3ccc(OCCOC(=O)CCSCC(O)CO)cc3)c3ccccc3-c3ccccc32)cc1. The Labute approximate surface area is 318 Å². The first-order valence-corrected chi connectivity index (χ1v) is 19.9. The summed E-state index contributed by atoms with van der Waals surface area (Å²) in [6.07, 6.45) is -1.15. The van der Waals surface area contributed by atoms with Crippen LogP contribution in [0.4, 0.5) is 0 Å². The molecule has 0 amide bonds. The van der Waals surface area contributed by atoms with Crippen LogP contribution < -0.4 is 9.47 Å². The monoisotopic (exact) mass is 762 g/mol. The Bertz CT molecular complexity index is 1620. The van der Waals surface area contributed by atoms with E-state index in [0.717, 1.165) is 22.3 Å². The molecule has 1 aliphatic carbocycles. The highest BCUT2D eigenvalue weighted by molar-refractivity contribution is 7.99. The molecule has 0 spiro atoms. The van der Waals surface area contributed by atoms with Crippen molar-refractivity contribution in [2.45, 2.75) is 30.5 Å². The van der Waals surface area contributed by atoms with Gasteiger partial charge in [0.15, 0.2) is 0 Å². The standard InChI is InChI=1S/C41H46O10S2/c42-25-31(44)27-52-23-17-39(46)50-21-19-48-33-13-9-29(10-14-33)41(37-7-3-1-5-35(37)36-6-2-4-8-38(36)41)30-11-15-34(16-12-30)49-20-22-51-40(47)18-24-53-28-32(45)26-43/h1-16,31-32,42-45H,17-28H2.